The van der Waals surface area contributed by atoms with Crippen molar-refractivity contribution in [1.82, 2.24) is 24.3 Å². The van der Waals surface area contributed by atoms with Crippen molar-refractivity contribution in [2.75, 3.05) is 45.9 Å². The van der Waals surface area contributed by atoms with Gasteiger partial charge in [0.2, 0.25) is 0 Å². The van der Waals surface area contributed by atoms with Gasteiger partial charge in [-0.25, -0.2) is 19.6 Å². The zero-order valence-corrected chi connectivity index (χ0v) is 19.3. The lowest BCUT2D eigenvalue weighted by molar-refractivity contribution is -0.159. The van der Waals surface area contributed by atoms with Crippen LogP contribution in [0, 0.1) is 0 Å². The summed E-state index contributed by atoms with van der Waals surface area (Å²) in [6, 6.07) is 3.88. The number of pyridine rings is 1. The highest BCUT2D eigenvalue weighted by atomic mass is 16.5. The monoisotopic (exact) mass is 467 g/mol. The molecule has 3 N–H and O–H groups in total. The molecule has 33 heavy (non-hydrogen) atoms. The van der Waals surface area contributed by atoms with Gasteiger partial charge in [0.1, 0.15) is 11.3 Å². The number of carboxylic acids is 3. The van der Waals surface area contributed by atoms with Gasteiger partial charge in [-0.15, -0.1) is 0 Å². The van der Waals surface area contributed by atoms with Crippen LogP contribution < -0.4 is 0 Å². The number of aromatic nitrogens is 3. The predicted molar refractivity (Wildman–Crippen MR) is 120 cm³/mol. The van der Waals surface area contributed by atoms with Crippen LogP contribution in [-0.4, -0.2) is 103 Å². The molecule has 1 saturated heterocycles. The van der Waals surface area contributed by atoms with Crippen molar-refractivity contribution in [3.8, 4) is 0 Å². The smallest absolute Gasteiger partial charge is 0.414 e. The van der Waals surface area contributed by atoms with Crippen molar-refractivity contribution in [2.45, 2.75) is 33.9 Å². The normalized spacial score (nSPS) is 14.0. The number of carbonyl (C=O) groups is 3. The summed E-state index contributed by atoms with van der Waals surface area (Å²) >= 11 is 0. The van der Waals surface area contributed by atoms with Crippen LogP contribution in [0.5, 0.6) is 0 Å². The van der Waals surface area contributed by atoms with Crippen molar-refractivity contribution in [3.63, 3.8) is 0 Å². The average Bonchev–Trinajstić information content (AvgIpc) is 3.14. The van der Waals surface area contributed by atoms with Crippen LogP contribution >= 0.6 is 0 Å². The lowest BCUT2D eigenvalue weighted by atomic mass is 10.3. The molecule has 1 aliphatic heterocycles. The fraction of sp³-hybridized carbons (Fsp3) is 0.571. The number of imidazole rings is 1. The van der Waals surface area contributed by atoms with E-state index in [2.05, 4.69) is 14.5 Å². The van der Waals surface area contributed by atoms with E-state index in [0.717, 1.165) is 56.3 Å². The molecule has 3 heterocycles. The first-order valence-corrected chi connectivity index (χ1v) is 10.8. The van der Waals surface area contributed by atoms with Crippen LogP contribution in [0.25, 0.3) is 11.2 Å². The standard InChI is InChI=1S/C17H25N5O3.C2H2O4.C2H6/c1-2-25-11-10-22-15(19-14-4-3-5-18-17(14)22)12-20-6-8-21(9-7-20)13-16(23)24;3-1(4)2(5)6;1-2/h3-5H,2,6-13H2,1H3,(H,23,24);(H,3,4)(H,5,6);1-2H3. The largest absolute Gasteiger partial charge is 0.480 e. The van der Waals surface area contributed by atoms with Crippen LogP contribution in [0.15, 0.2) is 18.3 Å². The minimum atomic E-state index is -1.82. The first-order valence-electron chi connectivity index (χ1n) is 10.8. The van der Waals surface area contributed by atoms with Crippen molar-refractivity contribution in [3.05, 3.63) is 24.2 Å². The van der Waals surface area contributed by atoms with E-state index in [1.807, 2.05) is 37.8 Å². The molecule has 2 aromatic rings. The lowest BCUT2D eigenvalue weighted by Gasteiger charge is -2.33. The van der Waals surface area contributed by atoms with Gasteiger partial charge in [0.15, 0.2) is 5.65 Å². The van der Waals surface area contributed by atoms with Gasteiger partial charge < -0.3 is 24.6 Å². The molecule has 1 fully saturated rings. The second kappa shape index (κ2) is 14.9. The number of hydrogen-bond donors (Lipinski definition) is 3. The number of aliphatic carboxylic acids is 3. The van der Waals surface area contributed by atoms with E-state index in [4.69, 9.17) is 34.6 Å². The molecule has 0 unspecified atom stereocenters. The summed E-state index contributed by atoms with van der Waals surface area (Å²) in [5.74, 6) is -3.43. The SMILES string of the molecule is CC.CCOCCn1c(CN2CCN(CC(=O)O)CC2)nc2cccnc21.O=C(O)C(=O)O. The number of piperazine rings is 1. The molecule has 12 nitrogen and oxygen atoms in total. The van der Waals surface area contributed by atoms with E-state index in [0.29, 0.717) is 13.2 Å². The number of carboxylic acid groups (broad SMARTS) is 3. The molecule has 0 amide bonds. The average molecular weight is 468 g/mol. The Labute approximate surface area is 192 Å². The Bertz CT molecular complexity index is 882. The first kappa shape index (κ1) is 27.9. The third-order valence-electron chi connectivity index (χ3n) is 4.62. The van der Waals surface area contributed by atoms with Gasteiger partial charge in [0, 0.05) is 45.5 Å². The molecule has 0 radical (unpaired) electrons. The molecule has 0 aromatic carbocycles. The zero-order chi connectivity index (χ0) is 24.8. The van der Waals surface area contributed by atoms with E-state index in [9.17, 15) is 4.79 Å². The molecule has 0 aliphatic carbocycles. The maximum absolute atomic E-state index is 10.8. The first-order chi connectivity index (χ1) is 15.8. The summed E-state index contributed by atoms with van der Waals surface area (Å²) in [6.07, 6.45) is 1.79. The molecule has 12 heteroatoms. The number of nitrogens with zero attached hydrogens (tertiary/aromatic N) is 5. The second-order valence-electron chi connectivity index (χ2n) is 6.78. The van der Waals surface area contributed by atoms with Crippen LogP contribution in [0.1, 0.15) is 26.6 Å². The molecule has 3 rings (SSSR count). The number of hydrogen-bond acceptors (Lipinski definition) is 8. The third-order valence-corrected chi connectivity index (χ3v) is 4.62. The van der Waals surface area contributed by atoms with Crippen LogP contribution in [0.4, 0.5) is 0 Å². The zero-order valence-electron chi connectivity index (χ0n) is 19.3. The van der Waals surface area contributed by atoms with Crippen molar-refractivity contribution >= 4 is 29.1 Å². The molecule has 0 bridgehead atoms. The Hall–Kier alpha value is -3.09. The Morgan fingerprint density at radius 3 is 2.18 bits per heavy atom. The Morgan fingerprint density at radius 2 is 1.64 bits per heavy atom. The highest BCUT2D eigenvalue weighted by Crippen LogP contribution is 2.16. The van der Waals surface area contributed by atoms with Crippen molar-refractivity contribution in [1.29, 1.82) is 0 Å². The molecule has 0 saturated carbocycles. The van der Waals surface area contributed by atoms with E-state index in [-0.39, 0.29) is 6.54 Å². The predicted octanol–water partition coefficient (Wildman–Crippen LogP) is 0.852. The van der Waals surface area contributed by atoms with Crippen LogP contribution in [-0.2, 0) is 32.2 Å². The fourth-order valence-electron chi connectivity index (χ4n) is 3.16. The Kier molecular flexibility index (Phi) is 12.6. The molecule has 184 valence electrons. The van der Waals surface area contributed by atoms with E-state index >= 15 is 0 Å². The topological polar surface area (TPSA) is 158 Å². The van der Waals surface area contributed by atoms with Gasteiger partial charge in [-0.05, 0) is 19.1 Å². The van der Waals surface area contributed by atoms with Crippen molar-refractivity contribution < 1.29 is 34.4 Å². The van der Waals surface area contributed by atoms with E-state index in [1.54, 1.807) is 6.20 Å². The Balaban J connectivity index is 0.000000593. The minimum Gasteiger partial charge on any atom is -0.480 e. The summed E-state index contributed by atoms with van der Waals surface area (Å²) in [6.45, 7) is 12.1. The summed E-state index contributed by atoms with van der Waals surface area (Å²) in [5, 5.41) is 23.7. The maximum Gasteiger partial charge on any atom is 0.414 e. The molecule has 2 aromatic heterocycles. The lowest BCUT2D eigenvalue weighted by Crippen LogP contribution is -2.47. The molecular formula is C21H33N5O7. The van der Waals surface area contributed by atoms with Crippen LogP contribution in [0.3, 0.4) is 0 Å². The molecule has 1 aliphatic rings. The summed E-state index contributed by atoms with van der Waals surface area (Å²) in [4.78, 5) is 42.5. The third kappa shape index (κ3) is 9.51. The van der Waals surface area contributed by atoms with Crippen LogP contribution in [0.2, 0.25) is 0 Å². The molecular weight excluding hydrogens is 434 g/mol. The number of fused-ring (bicyclic) bond motifs is 1. The highest BCUT2D eigenvalue weighted by Gasteiger charge is 2.21. The maximum atomic E-state index is 10.8. The van der Waals surface area contributed by atoms with Gasteiger partial charge in [0.25, 0.3) is 0 Å². The fourth-order valence-corrected chi connectivity index (χ4v) is 3.16. The van der Waals surface area contributed by atoms with E-state index < -0.39 is 17.9 Å². The summed E-state index contributed by atoms with van der Waals surface area (Å²) in [7, 11) is 0. The minimum absolute atomic E-state index is 0.116. The van der Waals surface area contributed by atoms with Gasteiger partial charge >= 0.3 is 17.9 Å². The second-order valence-corrected chi connectivity index (χ2v) is 6.78. The van der Waals surface area contributed by atoms with Gasteiger partial charge in [-0.1, -0.05) is 13.8 Å². The highest BCUT2D eigenvalue weighted by molar-refractivity contribution is 6.27. The van der Waals surface area contributed by atoms with Crippen molar-refractivity contribution in [2.24, 2.45) is 0 Å². The molecule has 0 spiro atoms. The number of rotatable bonds is 8. The number of ether oxygens (including phenoxy) is 1. The van der Waals surface area contributed by atoms with Gasteiger partial charge in [0.05, 0.1) is 19.7 Å². The van der Waals surface area contributed by atoms with Gasteiger partial charge in [-0.2, -0.15) is 0 Å². The van der Waals surface area contributed by atoms with E-state index in [1.165, 1.54) is 0 Å². The summed E-state index contributed by atoms with van der Waals surface area (Å²) in [5.41, 5.74) is 1.79. The van der Waals surface area contributed by atoms with Gasteiger partial charge in [-0.3, -0.25) is 14.6 Å². The quantitative estimate of drug-likeness (QED) is 0.373. The molecule has 0 atom stereocenters. The summed E-state index contributed by atoms with van der Waals surface area (Å²) < 4.78 is 7.63. The Morgan fingerprint density at radius 1 is 1.03 bits per heavy atom.